The van der Waals surface area contributed by atoms with E-state index in [9.17, 15) is 9.90 Å². The number of carbonyl (C=O) groups excluding carboxylic acids is 1. The number of phenols is 1. The summed E-state index contributed by atoms with van der Waals surface area (Å²) in [5.41, 5.74) is 2.74. The molecule has 2 aromatic rings. The van der Waals surface area contributed by atoms with Crippen LogP contribution in [0.2, 0.25) is 0 Å². The minimum atomic E-state index is -0.175. The van der Waals surface area contributed by atoms with Gasteiger partial charge in [-0.2, -0.15) is 0 Å². The first-order chi connectivity index (χ1) is 8.97. The zero-order valence-corrected chi connectivity index (χ0v) is 12.3. The molecule has 0 aliphatic heterocycles. The Morgan fingerprint density at radius 1 is 1.16 bits per heavy atom. The maximum absolute atomic E-state index is 12.1. The maximum atomic E-state index is 12.1. The summed E-state index contributed by atoms with van der Waals surface area (Å²) in [7, 11) is 0. The Labute approximate surface area is 120 Å². The standard InChI is InChI=1S/C15H14BrNO2/c1-9-6-13(7-10(2)14(9)18)17-15(19)11-4-3-5-12(16)8-11/h3-8,18H,1-2H3,(H,17,19). The van der Waals surface area contributed by atoms with Gasteiger partial charge in [0, 0.05) is 15.7 Å². The van der Waals surface area contributed by atoms with Gasteiger partial charge in [-0.1, -0.05) is 22.0 Å². The van der Waals surface area contributed by atoms with Crippen LogP contribution in [0.15, 0.2) is 40.9 Å². The zero-order valence-electron chi connectivity index (χ0n) is 10.7. The third-order valence-electron chi connectivity index (χ3n) is 2.84. The van der Waals surface area contributed by atoms with Crippen molar-refractivity contribution in [1.82, 2.24) is 0 Å². The molecule has 2 aromatic carbocycles. The number of halogens is 1. The highest BCUT2D eigenvalue weighted by Crippen LogP contribution is 2.26. The molecular formula is C15H14BrNO2. The first-order valence-electron chi connectivity index (χ1n) is 5.84. The van der Waals surface area contributed by atoms with Crippen molar-refractivity contribution in [2.75, 3.05) is 5.32 Å². The number of aromatic hydroxyl groups is 1. The first kappa shape index (κ1) is 13.6. The summed E-state index contributed by atoms with van der Waals surface area (Å²) in [6.07, 6.45) is 0. The normalized spacial score (nSPS) is 10.3. The molecule has 0 spiro atoms. The van der Waals surface area contributed by atoms with Crippen LogP contribution in [0.3, 0.4) is 0 Å². The monoisotopic (exact) mass is 319 g/mol. The zero-order chi connectivity index (χ0) is 14.0. The van der Waals surface area contributed by atoms with Crippen molar-refractivity contribution in [2.45, 2.75) is 13.8 Å². The smallest absolute Gasteiger partial charge is 0.255 e. The highest BCUT2D eigenvalue weighted by molar-refractivity contribution is 9.10. The Morgan fingerprint density at radius 2 is 1.79 bits per heavy atom. The Balaban J connectivity index is 2.24. The van der Waals surface area contributed by atoms with E-state index in [-0.39, 0.29) is 11.7 Å². The topological polar surface area (TPSA) is 49.3 Å². The molecule has 3 nitrogen and oxygen atoms in total. The van der Waals surface area contributed by atoms with Crippen molar-refractivity contribution < 1.29 is 9.90 Å². The number of rotatable bonds is 2. The van der Waals surface area contributed by atoms with E-state index in [1.54, 1.807) is 38.1 Å². The van der Waals surface area contributed by atoms with E-state index >= 15 is 0 Å². The van der Waals surface area contributed by atoms with Crippen LogP contribution in [0.25, 0.3) is 0 Å². The van der Waals surface area contributed by atoms with Gasteiger partial charge in [-0.25, -0.2) is 0 Å². The summed E-state index contributed by atoms with van der Waals surface area (Å²) in [5.74, 6) is 0.0891. The molecule has 0 aliphatic carbocycles. The molecule has 0 unspecified atom stereocenters. The molecule has 1 amide bonds. The van der Waals surface area contributed by atoms with E-state index in [1.807, 2.05) is 12.1 Å². The van der Waals surface area contributed by atoms with Crippen molar-refractivity contribution in [1.29, 1.82) is 0 Å². The van der Waals surface area contributed by atoms with Gasteiger partial charge in [0.05, 0.1) is 0 Å². The Hall–Kier alpha value is -1.81. The number of hydrogen-bond acceptors (Lipinski definition) is 2. The van der Waals surface area contributed by atoms with E-state index in [0.717, 1.165) is 15.6 Å². The summed E-state index contributed by atoms with van der Waals surface area (Å²) in [4.78, 5) is 12.1. The van der Waals surface area contributed by atoms with Crippen LogP contribution < -0.4 is 5.32 Å². The summed E-state index contributed by atoms with van der Waals surface area (Å²) < 4.78 is 0.859. The van der Waals surface area contributed by atoms with Crippen LogP contribution in [0, 0.1) is 13.8 Å². The third-order valence-corrected chi connectivity index (χ3v) is 3.33. The number of phenolic OH excluding ortho intramolecular Hbond substituents is 1. The SMILES string of the molecule is Cc1cc(NC(=O)c2cccc(Br)c2)cc(C)c1O. The average Bonchev–Trinajstić information content (AvgIpc) is 2.36. The molecule has 0 aliphatic rings. The molecule has 0 aromatic heterocycles. The lowest BCUT2D eigenvalue weighted by molar-refractivity contribution is 0.102. The van der Waals surface area contributed by atoms with Crippen LogP contribution >= 0.6 is 15.9 Å². The van der Waals surface area contributed by atoms with E-state index in [2.05, 4.69) is 21.2 Å². The van der Waals surface area contributed by atoms with Gasteiger partial charge in [-0.05, 0) is 55.3 Å². The second-order valence-electron chi connectivity index (χ2n) is 4.42. The number of benzene rings is 2. The lowest BCUT2D eigenvalue weighted by Gasteiger charge is -2.09. The largest absolute Gasteiger partial charge is 0.507 e. The number of nitrogens with one attached hydrogen (secondary N) is 1. The summed E-state index contributed by atoms with van der Waals surface area (Å²) in [5, 5.41) is 12.5. The molecule has 0 bridgehead atoms. The molecule has 0 saturated heterocycles. The van der Waals surface area contributed by atoms with Crippen molar-refractivity contribution >= 4 is 27.5 Å². The van der Waals surface area contributed by atoms with Gasteiger partial charge in [0.15, 0.2) is 0 Å². The predicted octanol–water partition coefficient (Wildman–Crippen LogP) is 4.02. The Kier molecular flexibility index (Phi) is 3.90. The van der Waals surface area contributed by atoms with Gasteiger partial charge < -0.3 is 10.4 Å². The Bertz CT molecular complexity index is 615. The molecule has 2 rings (SSSR count). The molecule has 2 N–H and O–H groups in total. The molecule has 0 fully saturated rings. The van der Waals surface area contributed by atoms with Crippen LogP contribution in [-0.4, -0.2) is 11.0 Å². The lowest BCUT2D eigenvalue weighted by Crippen LogP contribution is -2.12. The van der Waals surface area contributed by atoms with E-state index in [4.69, 9.17) is 0 Å². The van der Waals surface area contributed by atoms with Crippen molar-refractivity contribution in [3.05, 3.63) is 57.6 Å². The maximum Gasteiger partial charge on any atom is 0.255 e. The van der Waals surface area contributed by atoms with Gasteiger partial charge in [0.25, 0.3) is 5.91 Å². The minimum absolute atomic E-state index is 0.175. The molecule has 0 radical (unpaired) electrons. The van der Waals surface area contributed by atoms with Gasteiger partial charge in [-0.15, -0.1) is 0 Å². The van der Waals surface area contributed by atoms with Gasteiger partial charge >= 0.3 is 0 Å². The molecule has 19 heavy (non-hydrogen) atoms. The van der Waals surface area contributed by atoms with Crippen molar-refractivity contribution in [3.63, 3.8) is 0 Å². The van der Waals surface area contributed by atoms with E-state index < -0.39 is 0 Å². The molecule has 0 atom stereocenters. The quantitative estimate of drug-likeness (QED) is 0.821. The number of amides is 1. The predicted molar refractivity (Wildman–Crippen MR) is 79.7 cm³/mol. The second kappa shape index (κ2) is 5.45. The summed E-state index contributed by atoms with van der Waals surface area (Å²) >= 11 is 3.34. The summed E-state index contributed by atoms with van der Waals surface area (Å²) in [6.45, 7) is 3.61. The molecular weight excluding hydrogens is 306 g/mol. The van der Waals surface area contributed by atoms with Crippen LogP contribution in [0.1, 0.15) is 21.5 Å². The lowest BCUT2D eigenvalue weighted by atomic mass is 10.1. The van der Waals surface area contributed by atoms with Gasteiger partial charge in [0.1, 0.15) is 5.75 Å². The molecule has 0 heterocycles. The highest BCUT2D eigenvalue weighted by atomic mass is 79.9. The molecule has 98 valence electrons. The number of hydrogen-bond donors (Lipinski definition) is 2. The second-order valence-corrected chi connectivity index (χ2v) is 5.34. The number of carbonyl (C=O) groups is 1. The van der Waals surface area contributed by atoms with Crippen LogP contribution in [-0.2, 0) is 0 Å². The fourth-order valence-electron chi connectivity index (χ4n) is 1.86. The number of anilines is 1. The van der Waals surface area contributed by atoms with Crippen LogP contribution in [0.5, 0.6) is 5.75 Å². The van der Waals surface area contributed by atoms with Crippen molar-refractivity contribution in [3.8, 4) is 5.75 Å². The third kappa shape index (κ3) is 3.15. The number of aryl methyl sites for hydroxylation is 2. The van der Waals surface area contributed by atoms with E-state index in [1.165, 1.54) is 0 Å². The molecule has 0 saturated carbocycles. The van der Waals surface area contributed by atoms with Crippen molar-refractivity contribution in [2.24, 2.45) is 0 Å². The van der Waals surface area contributed by atoms with Crippen LogP contribution in [0.4, 0.5) is 5.69 Å². The average molecular weight is 320 g/mol. The van der Waals surface area contributed by atoms with E-state index in [0.29, 0.717) is 11.3 Å². The van der Waals surface area contributed by atoms with Gasteiger partial charge in [-0.3, -0.25) is 4.79 Å². The molecule has 4 heteroatoms. The fraction of sp³-hybridized carbons (Fsp3) is 0.133. The minimum Gasteiger partial charge on any atom is -0.507 e. The fourth-order valence-corrected chi connectivity index (χ4v) is 2.26. The Morgan fingerprint density at radius 3 is 2.37 bits per heavy atom. The van der Waals surface area contributed by atoms with Gasteiger partial charge in [0.2, 0.25) is 0 Å². The highest BCUT2D eigenvalue weighted by Gasteiger charge is 2.09. The summed E-state index contributed by atoms with van der Waals surface area (Å²) in [6, 6.07) is 10.7. The first-order valence-corrected chi connectivity index (χ1v) is 6.64.